The van der Waals surface area contributed by atoms with Crippen LogP contribution in [0.15, 0.2) is 0 Å². The summed E-state index contributed by atoms with van der Waals surface area (Å²) in [6.07, 6.45) is 7.61. The summed E-state index contributed by atoms with van der Waals surface area (Å²) in [5, 5.41) is 8.68. The van der Waals surface area contributed by atoms with Crippen LogP contribution in [0.2, 0.25) is 0 Å². The number of hydrogen-bond acceptors (Lipinski definition) is 3. The van der Waals surface area contributed by atoms with E-state index in [9.17, 15) is 0 Å². The molecule has 1 N–H and O–H groups in total. The highest BCUT2D eigenvalue weighted by atomic mass is 16.5. The average molecular weight is 229 g/mol. The third kappa shape index (κ3) is 5.83. The second-order valence-electron chi connectivity index (χ2n) is 4.66. The third-order valence-corrected chi connectivity index (χ3v) is 3.25. The van der Waals surface area contributed by atoms with Gasteiger partial charge < -0.3 is 14.7 Å². The van der Waals surface area contributed by atoms with E-state index in [1.807, 2.05) is 0 Å². The van der Waals surface area contributed by atoms with Gasteiger partial charge in [-0.25, -0.2) is 0 Å². The summed E-state index contributed by atoms with van der Waals surface area (Å²) in [5.74, 6) is 0. The van der Waals surface area contributed by atoms with Crippen molar-refractivity contribution in [1.82, 2.24) is 4.90 Å². The maximum absolute atomic E-state index is 8.68. The molecule has 3 nitrogen and oxygen atoms in total. The molecule has 1 rings (SSSR count). The number of rotatable bonds is 8. The topological polar surface area (TPSA) is 32.7 Å². The van der Waals surface area contributed by atoms with Crippen molar-refractivity contribution in [3.8, 4) is 0 Å². The fourth-order valence-corrected chi connectivity index (χ4v) is 2.39. The SMILES string of the molecule is CCOC1CCCN(CCCCCCO)C1. The third-order valence-electron chi connectivity index (χ3n) is 3.25. The predicted octanol–water partition coefficient (Wildman–Crippen LogP) is 2.04. The lowest BCUT2D eigenvalue weighted by molar-refractivity contribution is 0.00557. The van der Waals surface area contributed by atoms with Gasteiger partial charge in [0.25, 0.3) is 0 Å². The van der Waals surface area contributed by atoms with E-state index in [1.54, 1.807) is 0 Å². The number of ether oxygens (including phenoxy) is 1. The molecule has 96 valence electrons. The van der Waals surface area contributed by atoms with Crippen molar-refractivity contribution in [2.24, 2.45) is 0 Å². The van der Waals surface area contributed by atoms with Crippen LogP contribution in [0.1, 0.15) is 45.4 Å². The molecular weight excluding hydrogens is 202 g/mol. The molecule has 1 aliphatic heterocycles. The molecular formula is C13H27NO2. The van der Waals surface area contributed by atoms with Gasteiger partial charge in [0, 0.05) is 19.8 Å². The number of piperidine rings is 1. The normalized spacial score (nSPS) is 22.5. The minimum absolute atomic E-state index is 0.343. The molecule has 0 radical (unpaired) electrons. The van der Waals surface area contributed by atoms with E-state index >= 15 is 0 Å². The fourth-order valence-electron chi connectivity index (χ4n) is 2.39. The number of aliphatic hydroxyl groups is 1. The Kier molecular flexibility index (Phi) is 7.81. The van der Waals surface area contributed by atoms with E-state index in [0.29, 0.717) is 12.7 Å². The van der Waals surface area contributed by atoms with Gasteiger partial charge in [-0.15, -0.1) is 0 Å². The number of aliphatic hydroxyl groups excluding tert-OH is 1. The largest absolute Gasteiger partial charge is 0.396 e. The second kappa shape index (κ2) is 8.97. The zero-order valence-electron chi connectivity index (χ0n) is 10.7. The van der Waals surface area contributed by atoms with Crippen LogP contribution in [0.5, 0.6) is 0 Å². The molecule has 1 heterocycles. The summed E-state index contributed by atoms with van der Waals surface area (Å²) >= 11 is 0. The fraction of sp³-hybridized carbons (Fsp3) is 1.00. The average Bonchev–Trinajstić information content (AvgIpc) is 2.30. The van der Waals surface area contributed by atoms with Crippen molar-refractivity contribution in [3.63, 3.8) is 0 Å². The summed E-state index contributed by atoms with van der Waals surface area (Å²) < 4.78 is 5.68. The molecule has 0 bridgehead atoms. The highest BCUT2D eigenvalue weighted by Crippen LogP contribution is 2.14. The Morgan fingerprint density at radius 3 is 2.81 bits per heavy atom. The van der Waals surface area contributed by atoms with Crippen LogP contribution in [0.4, 0.5) is 0 Å². The van der Waals surface area contributed by atoms with E-state index in [2.05, 4.69) is 11.8 Å². The summed E-state index contributed by atoms with van der Waals surface area (Å²) in [7, 11) is 0. The highest BCUT2D eigenvalue weighted by molar-refractivity contribution is 4.73. The van der Waals surface area contributed by atoms with Crippen LogP contribution in [0.3, 0.4) is 0 Å². The van der Waals surface area contributed by atoms with Crippen molar-refractivity contribution in [1.29, 1.82) is 0 Å². The Balaban J connectivity index is 2.02. The van der Waals surface area contributed by atoms with E-state index in [0.717, 1.165) is 19.6 Å². The van der Waals surface area contributed by atoms with Gasteiger partial charge in [-0.3, -0.25) is 0 Å². The smallest absolute Gasteiger partial charge is 0.0702 e. The van der Waals surface area contributed by atoms with Gasteiger partial charge in [0.2, 0.25) is 0 Å². The van der Waals surface area contributed by atoms with Crippen molar-refractivity contribution in [3.05, 3.63) is 0 Å². The summed E-state index contributed by atoms with van der Waals surface area (Å²) in [6, 6.07) is 0. The molecule has 0 aliphatic carbocycles. The van der Waals surface area contributed by atoms with E-state index < -0.39 is 0 Å². The van der Waals surface area contributed by atoms with Gasteiger partial charge >= 0.3 is 0 Å². The summed E-state index contributed by atoms with van der Waals surface area (Å²) in [6.45, 7) is 6.82. The molecule has 0 aromatic carbocycles. The molecule has 0 aromatic rings. The van der Waals surface area contributed by atoms with Crippen LogP contribution in [0.25, 0.3) is 0 Å². The van der Waals surface area contributed by atoms with Crippen molar-refractivity contribution in [2.75, 3.05) is 32.8 Å². The van der Waals surface area contributed by atoms with Crippen LogP contribution in [0, 0.1) is 0 Å². The lowest BCUT2D eigenvalue weighted by atomic mass is 10.1. The van der Waals surface area contributed by atoms with Gasteiger partial charge in [-0.2, -0.15) is 0 Å². The first-order chi connectivity index (χ1) is 7.86. The van der Waals surface area contributed by atoms with E-state index in [4.69, 9.17) is 9.84 Å². The molecule has 1 unspecified atom stereocenters. The van der Waals surface area contributed by atoms with Gasteiger partial charge in [0.15, 0.2) is 0 Å². The molecule has 1 atom stereocenters. The van der Waals surface area contributed by atoms with Crippen molar-refractivity contribution in [2.45, 2.75) is 51.6 Å². The standard InChI is InChI=1S/C13H27NO2/c1-2-16-13-8-7-10-14(12-13)9-5-3-4-6-11-15/h13,15H,2-12H2,1H3. The lowest BCUT2D eigenvalue weighted by Gasteiger charge is -2.32. The van der Waals surface area contributed by atoms with Crippen molar-refractivity contribution < 1.29 is 9.84 Å². The Morgan fingerprint density at radius 1 is 1.25 bits per heavy atom. The first-order valence-electron chi connectivity index (χ1n) is 6.81. The van der Waals surface area contributed by atoms with Gasteiger partial charge in [-0.1, -0.05) is 12.8 Å². The zero-order chi connectivity index (χ0) is 11.6. The Morgan fingerprint density at radius 2 is 2.06 bits per heavy atom. The minimum atomic E-state index is 0.343. The van der Waals surface area contributed by atoms with Crippen molar-refractivity contribution >= 4 is 0 Å². The molecule has 0 saturated carbocycles. The van der Waals surface area contributed by atoms with E-state index in [-0.39, 0.29) is 0 Å². The van der Waals surface area contributed by atoms with Gasteiger partial charge in [0.1, 0.15) is 0 Å². The van der Waals surface area contributed by atoms with Gasteiger partial charge in [0.05, 0.1) is 6.10 Å². The first kappa shape index (κ1) is 13.9. The number of unbranched alkanes of at least 4 members (excludes halogenated alkanes) is 3. The lowest BCUT2D eigenvalue weighted by Crippen LogP contribution is -2.40. The van der Waals surface area contributed by atoms with Crippen LogP contribution in [-0.4, -0.2) is 49.0 Å². The Bertz CT molecular complexity index is 162. The quantitative estimate of drug-likeness (QED) is 0.647. The number of hydrogen-bond donors (Lipinski definition) is 1. The molecule has 0 amide bonds. The second-order valence-corrected chi connectivity index (χ2v) is 4.66. The maximum atomic E-state index is 8.68. The predicted molar refractivity (Wildman–Crippen MR) is 66.6 cm³/mol. The molecule has 0 aromatic heterocycles. The van der Waals surface area contributed by atoms with Crippen LogP contribution in [-0.2, 0) is 4.74 Å². The molecule has 0 spiro atoms. The minimum Gasteiger partial charge on any atom is -0.396 e. The zero-order valence-corrected chi connectivity index (χ0v) is 10.7. The molecule has 16 heavy (non-hydrogen) atoms. The Hall–Kier alpha value is -0.120. The van der Waals surface area contributed by atoms with Gasteiger partial charge in [-0.05, 0) is 45.7 Å². The molecule has 1 aliphatic rings. The highest BCUT2D eigenvalue weighted by Gasteiger charge is 2.19. The number of nitrogens with zero attached hydrogens (tertiary/aromatic N) is 1. The van der Waals surface area contributed by atoms with Crippen LogP contribution < -0.4 is 0 Å². The summed E-state index contributed by atoms with van der Waals surface area (Å²) in [5.41, 5.74) is 0. The monoisotopic (exact) mass is 229 g/mol. The summed E-state index contributed by atoms with van der Waals surface area (Å²) in [4.78, 5) is 2.53. The Labute approximate surface area is 99.8 Å². The molecule has 3 heteroatoms. The maximum Gasteiger partial charge on any atom is 0.0702 e. The number of likely N-dealkylation sites (tertiary alicyclic amines) is 1. The van der Waals surface area contributed by atoms with E-state index in [1.165, 1.54) is 45.2 Å². The molecule has 1 saturated heterocycles. The van der Waals surface area contributed by atoms with Crippen LogP contribution >= 0.6 is 0 Å². The molecule has 1 fully saturated rings. The first-order valence-corrected chi connectivity index (χ1v) is 6.81.